The minimum absolute atomic E-state index is 0.249. The summed E-state index contributed by atoms with van der Waals surface area (Å²) in [5.41, 5.74) is 1.49. The molecule has 1 heterocycles. The average molecular weight is 410 g/mol. The molecule has 29 heavy (non-hydrogen) atoms. The van der Waals surface area contributed by atoms with Gasteiger partial charge in [-0.05, 0) is 43.3 Å². The molecule has 0 aliphatic heterocycles. The van der Waals surface area contributed by atoms with Crippen molar-refractivity contribution in [3.05, 3.63) is 75.0 Å². The van der Waals surface area contributed by atoms with E-state index in [2.05, 4.69) is 10.3 Å². The van der Waals surface area contributed by atoms with Gasteiger partial charge in [-0.15, -0.1) is 11.3 Å². The Balaban J connectivity index is 1.80. The van der Waals surface area contributed by atoms with Gasteiger partial charge in [0.1, 0.15) is 22.4 Å². The highest BCUT2D eigenvalue weighted by atomic mass is 32.1. The third-order valence-corrected chi connectivity index (χ3v) is 4.72. The molecule has 0 saturated heterocycles. The van der Waals surface area contributed by atoms with Crippen LogP contribution in [0.5, 0.6) is 5.75 Å². The molecule has 146 valence electrons. The Labute approximate surface area is 169 Å². The van der Waals surface area contributed by atoms with Crippen molar-refractivity contribution >= 4 is 28.3 Å². The Morgan fingerprint density at radius 2 is 2.14 bits per heavy atom. The topological polar surface area (TPSA) is 101 Å². The summed E-state index contributed by atoms with van der Waals surface area (Å²) in [7, 11) is 0. The van der Waals surface area contributed by atoms with E-state index in [1.165, 1.54) is 23.6 Å². The summed E-state index contributed by atoms with van der Waals surface area (Å²) in [6.07, 6.45) is 1.39. The van der Waals surface area contributed by atoms with Crippen LogP contribution in [0.25, 0.3) is 16.8 Å². The molecule has 0 fully saturated rings. The molecule has 7 nitrogen and oxygen atoms in total. The second-order valence-electron chi connectivity index (χ2n) is 5.73. The third-order valence-electron chi connectivity index (χ3n) is 3.84. The fourth-order valence-corrected chi connectivity index (χ4v) is 3.25. The fraction of sp³-hybridized carbons (Fsp3) is 0.100. The first kappa shape index (κ1) is 20.0. The molecule has 9 heteroatoms. The molecule has 0 saturated carbocycles. The van der Waals surface area contributed by atoms with Gasteiger partial charge in [-0.3, -0.25) is 10.1 Å². The van der Waals surface area contributed by atoms with Crippen LogP contribution in [0, 0.1) is 27.3 Å². The summed E-state index contributed by atoms with van der Waals surface area (Å²) in [6.45, 7) is 2.50. The fourth-order valence-electron chi connectivity index (χ4n) is 2.46. The number of nitro groups is 1. The van der Waals surface area contributed by atoms with Crippen LogP contribution in [0.2, 0.25) is 0 Å². The Morgan fingerprint density at radius 3 is 2.79 bits per heavy atom. The number of thiazole rings is 1. The van der Waals surface area contributed by atoms with Crippen molar-refractivity contribution in [1.82, 2.24) is 4.98 Å². The van der Waals surface area contributed by atoms with Crippen LogP contribution >= 0.6 is 11.3 Å². The maximum Gasteiger partial charge on any atom is 0.306 e. The van der Waals surface area contributed by atoms with Gasteiger partial charge < -0.3 is 10.1 Å². The molecule has 2 aromatic carbocycles. The Kier molecular flexibility index (Phi) is 6.16. The molecule has 0 amide bonds. The van der Waals surface area contributed by atoms with Gasteiger partial charge in [-0.1, -0.05) is 0 Å². The summed E-state index contributed by atoms with van der Waals surface area (Å²) in [6, 6.07) is 12.9. The number of hydrogen-bond acceptors (Lipinski definition) is 7. The van der Waals surface area contributed by atoms with Gasteiger partial charge in [0.25, 0.3) is 0 Å². The van der Waals surface area contributed by atoms with Crippen molar-refractivity contribution in [1.29, 1.82) is 5.26 Å². The number of nitrogens with zero attached hydrogens (tertiary/aromatic N) is 3. The molecule has 1 N–H and O–H groups in total. The van der Waals surface area contributed by atoms with E-state index >= 15 is 0 Å². The minimum Gasteiger partial charge on any atom is -0.494 e. The number of aromatic nitrogens is 1. The van der Waals surface area contributed by atoms with Gasteiger partial charge in [-0.2, -0.15) is 9.65 Å². The number of anilines is 1. The van der Waals surface area contributed by atoms with Crippen LogP contribution in [-0.2, 0) is 0 Å². The number of nitrogens with one attached hydrogen (secondary N) is 1. The first-order valence-electron chi connectivity index (χ1n) is 8.51. The van der Waals surface area contributed by atoms with E-state index in [9.17, 15) is 19.8 Å². The first-order chi connectivity index (χ1) is 14.0. The Hall–Kier alpha value is -3.77. The summed E-state index contributed by atoms with van der Waals surface area (Å²) < 4.78 is 18.8. The molecule has 0 aliphatic rings. The molecule has 0 atom stereocenters. The van der Waals surface area contributed by atoms with Crippen molar-refractivity contribution in [3.63, 3.8) is 0 Å². The normalized spacial score (nSPS) is 11.0. The zero-order valence-corrected chi connectivity index (χ0v) is 16.1. The standard InChI is InChI=1S/C20H15FN4O3S/c1-2-28-16-6-3-13(4-7-16)18-12-29-20(24-18)14(10-22)11-23-15-5-8-17(21)19(9-15)25(26)27/h3-9,11-12,23H,2H2,1H3. The zero-order chi connectivity index (χ0) is 20.8. The lowest BCUT2D eigenvalue weighted by Gasteiger charge is -2.03. The number of allylic oxidation sites excluding steroid dienone is 1. The second kappa shape index (κ2) is 8.95. The van der Waals surface area contributed by atoms with Crippen LogP contribution in [0.3, 0.4) is 0 Å². The van der Waals surface area contributed by atoms with Crippen LogP contribution in [0.4, 0.5) is 15.8 Å². The van der Waals surface area contributed by atoms with Gasteiger partial charge in [0.2, 0.25) is 5.82 Å². The zero-order valence-electron chi connectivity index (χ0n) is 15.3. The van der Waals surface area contributed by atoms with E-state index in [0.717, 1.165) is 23.4 Å². The largest absolute Gasteiger partial charge is 0.494 e. The lowest BCUT2D eigenvalue weighted by Crippen LogP contribution is -1.96. The number of rotatable bonds is 7. The van der Waals surface area contributed by atoms with Crippen molar-refractivity contribution in [2.24, 2.45) is 0 Å². The number of nitriles is 1. The lowest BCUT2D eigenvalue weighted by atomic mass is 10.2. The van der Waals surface area contributed by atoms with E-state index in [0.29, 0.717) is 17.3 Å². The summed E-state index contributed by atoms with van der Waals surface area (Å²) in [4.78, 5) is 14.5. The van der Waals surface area contributed by atoms with Gasteiger partial charge in [0, 0.05) is 28.9 Å². The van der Waals surface area contributed by atoms with E-state index < -0.39 is 16.4 Å². The number of benzene rings is 2. The number of nitro benzene ring substituents is 1. The van der Waals surface area contributed by atoms with Crippen molar-refractivity contribution in [2.45, 2.75) is 6.92 Å². The Bertz CT molecular complexity index is 1100. The highest BCUT2D eigenvalue weighted by Gasteiger charge is 2.14. The Morgan fingerprint density at radius 1 is 1.38 bits per heavy atom. The molecule has 1 aromatic heterocycles. The lowest BCUT2D eigenvalue weighted by molar-refractivity contribution is -0.387. The number of hydrogen-bond donors (Lipinski definition) is 1. The van der Waals surface area contributed by atoms with Crippen molar-refractivity contribution in [3.8, 4) is 23.1 Å². The molecule has 0 radical (unpaired) electrons. The highest BCUT2D eigenvalue weighted by Crippen LogP contribution is 2.28. The summed E-state index contributed by atoms with van der Waals surface area (Å²) >= 11 is 1.30. The van der Waals surface area contributed by atoms with Gasteiger partial charge in [-0.25, -0.2) is 4.98 Å². The van der Waals surface area contributed by atoms with Crippen LogP contribution in [0.15, 0.2) is 54.0 Å². The molecular formula is C20H15FN4O3S. The quantitative estimate of drug-likeness (QED) is 0.325. The molecule has 3 aromatic rings. The summed E-state index contributed by atoms with van der Waals surface area (Å²) in [5, 5.41) is 25.4. The van der Waals surface area contributed by atoms with Crippen LogP contribution < -0.4 is 10.1 Å². The molecule has 0 spiro atoms. The minimum atomic E-state index is -0.926. The molecule has 0 aliphatic carbocycles. The third kappa shape index (κ3) is 4.75. The van der Waals surface area contributed by atoms with E-state index in [1.54, 1.807) is 0 Å². The monoisotopic (exact) mass is 410 g/mol. The maximum absolute atomic E-state index is 13.4. The maximum atomic E-state index is 13.4. The van der Waals surface area contributed by atoms with E-state index in [1.807, 2.05) is 42.6 Å². The smallest absolute Gasteiger partial charge is 0.306 e. The van der Waals surface area contributed by atoms with Crippen molar-refractivity contribution < 1.29 is 14.1 Å². The highest BCUT2D eigenvalue weighted by molar-refractivity contribution is 7.11. The second-order valence-corrected chi connectivity index (χ2v) is 6.59. The molecular weight excluding hydrogens is 395 g/mol. The van der Waals surface area contributed by atoms with Gasteiger partial charge in [0.05, 0.1) is 17.2 Å². The number of halogens is 1. The van der Waals surface area contributed by atoms with E-state index in [-0.39, 0.29) is 11.3 Å². The predicted octanol–water partition coefficient (Wildman–Crippen LogP) is 5.23. The average Bonchev–Trinajstić information content (AvgIpc) is 3.20. The predicted molar refractivity (Wildman–Crippen MR) is 109 cm³/mol. The van der Waals surface area contributed by atoms with Gasteiger partial charge >= 0.3 is 5.69 Å². The molecule has 3 rings (SSSR count). The number of ether oxygens (including phenoxy) is 1. The van der Waals surface area contributed by atoms with Crippen molar-refractivity contribution in [2.75, 3.05) is 11.9 Å². The SMILES string of the molecule is CCOc1ccc(-c2csc(C(C#N)=CNc3ccc(F)c([N+](=O)[O-])c3)n2)cc1. The van der Waals surface area contributed by atoms with Crippen LogP contribution in [0.1, 0.15) is 11.9 Å². The molecule has 0 unspecified atom stereocenters. The van der Waals surface area contributed by atoms with Crippen LogP contribution in [-0.4, -0.2) is 16.5 Å². The summed E-state index contributed by atoms with van der Waals surface area (Å²) in [5.74, 6) is -0.160. The first-order valence-corrected chi connectivity index (χ1v) is 9.39. The van der Waals surface area contributed by atoms with Gasteiger partial charge in [0.15, 0.2) is 0 Å². The van der Waals surface area contributed by atoms with E-state index in [4.69, 9.17) is 4.74 Å². The molecule has 0 bridgehead atoms.